The van der Waals surface area contributed by atoms with Gasteiger partial charge in [0.25, 0.3) is 11.1 Å². The number of carbonyl (C=O) groups is 2. The number of amides is 2. The summed E-state index contributed by atoms with van der Waals surface area (Å²) in [6, 6.07) is 17.0. The third-order valence-electron chi connectivity index (χ3n) is 5.17. The summed E-state index contributed by atoms with van der Waals surface area (Å²) in [7, 11) is 1.64. The molecule has 0 bridgehead atoms. The van der Waals surface area contributed by atoms with Gasteiger partial charge in [-0.05, 0) is 73.1 Å². The molecule has 0 radical (unpaired) electrons. The van der Waals surface area contributed by atoms with E-state index in [0.717, 1.165) is 45.7 Å². The first-order chi connectivity index (χ1) is 14.9. The number of hydrogen-bond acceptors (Lipinski definition) is 4. The molecular formula is C24H21ClN2O3S. The van der Waals surface area contributed by atoms with Gasteiger partial charge in [0.05, 0.1) is 18.6 Å². The number of hydrogen-bond donors (Lipinski definition) is 0. The van der Waals surface area contributed by atoms with Crippen LogP contribution in [0.5, 0.6) is 5.75 Å². The zero-order chi connectivity index (χ0) is 22.1. The quantitative estimate of drug-likeness (QED) is 0.446. The maximum absolute atomic E-state index is 12.9. The standard InChI is InChI=1S/C24H21ClN2O3S/c1-15-10-18(16(2)27(15)20-8-5-9-21(13-20)30-3)12-22-23(28)26(24(29)31-22)14-17-6-4-7-19(25)11-17/h4-13H,14H2,1-3H3/b22-12-. The summed E-state index contributed by atoms with van der Waals surface area (Å²) in [5.74, 6) is 0.481. The molecule has 0 spiro atoms. The molecular weight excluding hydrogens is 432 g/mol. The smallest absolute Gasteiger partial charge is 0.293 e. The molecule has 1 saturated heterocycles. The minimum absolute atomic E-state index is 0.200. The van der Waals surface area contributed by atoms with Gasteiger partial charge in [0.15, 0.2) is 0 Å². The average Bonchev–Trinajstić information content (AvgIpc) is 3.17. The summed E-state index contributed by atoms with van der Waals surface area (Å²) in [5.41, 5.74) is 4.69. The maximum Gasteiger partial charge on any atom is 0.293 e. The molecule has 4 rings (SSSR count). The van der Waals surface area contributed by atoms with Crippen LogP contribution in [0.25, 0.3) is 11.8 Å². The van der Waals surface area contributed by atoms with Gasteiger partial charge in [0, 0.05) is 28.2 Å². The minimum atomic E-state index is -0.291. The number of aryl methyl sites for hydroxylation is 1. The van der Waals surface area contributed by atoms with Crippen molar-refractivity contribution in [2.75, 3.05) is 7.11 Å². The average molecular weight is 453 g/mol. The normalized spacial score (nSPS) is 15.2. The number of carbonyl (C=O) groups excluding carboxylic acids is 2. The second kappa shape index (κ2) is 8.65. The van der Waals surface area contributed by atoms with Gasteiger partial charge in [-0.15, -0.1) is 0 Å². The molecule has 5 nitrogen and oxygen atoms in total. The second-order valence-electron chi connectivity index (χ2n) is 7.26. The molecule has 2 aromatic carbocycles. The number of halogens is 1. The maximum atomic E-state index is 12.9. The van der Waals surface area contributed by atoms with E-state index in [9.17, 15) is 9.59 Å². The number of nitrogens with zero attached hydrogens (tertiary/aromatic N) is 2. The highest BCUT2D eigenvalue weighted by molar-refractivity contribution is 8.18. The Balaban J connectivity index is 1.63. The fraction of sp³-hybridized carbons (Fsp3) is 0.167. The van der Waals surface area contributed by atoms with Gasteiger partial charge in [0.1, 0.15) is 5.75 Å². The van der Waals surface area contributed by atoms with Crippen molar-refractivity contribution in [2.24, 2.45) is 0 Å². The van der Waals surface area contributed by atoms with Crippen LogP contribution >= 0.6 is 23.4 Å². The van der Waals surface area contributed by atoms with E-state index in [0.29, 0.717) is 9.93 Å². The van der Waals surface area contributed by atoms with Gasteiger partial charge in [-0.25, -0.2) is 0 Å². The fourth-order valence-corrected chi connectivity index (χ4v) is 4.72. The summed E-state index contributed by atoms with van der Waals surface area (Å²) >= 11 is 6.99. The molecule has 0 unspecified atom stereocenters. The molecule has 2 amide bonds. The lowest BCUT2D eigenvalue weighted by molar-refractivity contribution is -0.123. The van der Waals surface area contributed by atoms with Crippen LogP contribution < -0.4 is 4.74 Å². The lowest BCUT2D eigenvalue weighted by atomic mass is 10.2. The molecule has 7 heteroatoms. The Morgan fingerprint density at radius 1 is 1.06 bits per heavy atom. The Morgan fingerprint density at radius 3 is 2.58 bits per heavy atom. The zero-order valence-corrected chi connectivity index (χ0v) is 19.0. The molecule has 0 saturated carbocycles. The lowest BCUT2D eigenvalue weighted by Gasteiger charge is -2.12. The third kappa shape index (κ3) is 4.27. The van der Waals surface area contributed by atoms with Gasteiger partial charge in [-0.2, -0.15) is 0 Å². The largest absolute Gasteiger partial charge is 0.497 e. The predicted molar refractivity (Wildman–Crippen MR) is 125 cm³/mol. The molecule has 1 aliphatic heterocycles. The number of aromatic nitrogens is 1. The van der Waals surface area contributed by atoms with Crippen LogP contribution in [0.1, 0.15) is 22.5 Å². The van der Waals surface area contributed by atoms with E-state index in [1.807, 2.05) is 50.2 Å². The van der Waals surface area contributed by atoms with Crippen molar-refractivity contribution in [1.29, 1.82) is 0 Å². The molecule has 2 heterocycles. The van der Waals surface area contributed by atoms with E-state index >= 15 is 0 Å². The van der Waals surface area contributed by atoms with Gasteiger partial charge < -0.3 is 9.30 Å². The van der Waals surface area contributed by atoms with Crippen LogP contribution in [-0.2, 0) is 11.3 Å². The summed E-state index contributed by atoms with van der Waals surface area (Å²) < 4.78 is 7.44. The van der Waals surface area contributed by atoms with Crippen molar-refractivity contribution in [3.8, 4) is 11.4 Å². The van der Waals surface area contributed by atoms with E-state index in [-0.39, 0.29) is 17.7 Å². The van der Waals surface area contributed by atoms with E-state index in [1.54, 1.807) is 31.4 Å². The van der Waals surface area contributed by atoms with E-state index in [2.05, 4.69) is 4.57 Å². The highest BCUT2D eigenvalue weighted by Gasteiger charge is 2.35. The number of thioether (sulfide) groups is 1. The molecule has 0 N–H and O–H groups in total. The van der Waals surface area contributed by atoms with E-state index in [4.69, 9.17) is 16.3 Å². The van der Waals surface area contributed by atoms with Crippen molar-refractivity contribution in [3.63, 3.8) is 0 Å². The van der Waals surface area contributed by atoms with Crippen molar-refractivity contribution in [3.05, 3.63) is 87.0 Å². The number of ether oxygens (including phenoxy) is 1. The van der Waals surface area contributed by atoms with Gasteiger partial charge in [-0.1, -0.05) is 29.8 Å². The molecule has 1 aliphatic rings. The Labute approximate surface area is 190 Å². The van der Waals surface area contributed by atoms with Crippen molar-refractivity contribution >= 4 is 40.6 Å². The fourth-order valence-electron chi connectivity index (χ4n) is 3.68. The van der Waals surface area contributed by atoms with Gasteiger partial charge in [0.2, 0.25) is 0 Å². The summed E-state index contributed by atoms with van der Waals surface area (Å²) in [6.07, 6.45) is 1.79. The van der Waals surface area contributed by atoms with Crippen LogP contribution in [-0.4, -0.2) is 27.7 Å². The molecule has 1 fully saturated rings. The number of benzene rings is 2. The molecule has 3 aromatic rings. The molecule has 158 valence electrons. The topological polar surface area (TPSA) is 51.5 Å². The number of imide groups is 1. The van der Waals surface area contributed by atoms with Crippen molar-refractivity contribution in [2.45, 2.75) is 20.4 Å². The lowest BCUT2D eigenvalue weighted by Crippen LogP contribution is -2.27. The molecule has 0 aliphatic carbocycles. The predicted octanol–water partition coefficient (Wildman–Crippen LogP) is 5.99. The highest BCUT2D eigenvalue weighted by atomic mass is 35.5. The summed E-state index contributed by atoms with van der Waals surface area (Å²) in [5, 5.41) is 0.294. The second-order valence-corrected chi connectivity index (χ2v) is 8.69. The Morgan fingerprint density at radius 2 is 1.84 bits per heavy atom. The SMILES string of the molecule is COc1cccc(-n2c(C)cc(/C=C3\SC(=O)N(Cc4cccc(Cl)c4)C3=O)c2C)c1. The third-order valence-corrected chi connectivity index (χ3v) is 6.31. The first-order valence-electron chi connectivity index (χ1n) is 9.70. The number of methoxy groups -OCH3 is 1. The zero-order valence-electron chi connectivity index (χ0n) is 17.4. The highest BCUT2D eigenvalue weighted by Crippen LogP contribution is 2.35. The van der Waals surface area contributed by atoms with Crippen LogP contribution in [0.4, 0.5) is 4.79 Å². The van der Waals surface area contributed by atoms with Crippen molar-refractivity contribution in [1.82, 2.24) is 9.47 Å². The van der Waals surface area contributed by atoms with E-state index in [1.165, 1.54) is 4.90 Å². The van der Waals surface area contributed by atoms with Crippen LogP contribution in [0, 0.1) is 13.8 Å². The van der Waals surface area contributed by atoms with E-state index < -0.39 is 0 Å². The van der Waals surface area contributed by atoms with Gasteiger partial charge >= 0.3 is 0 Å². The van der Waals surface area contributed by atoms with Crippen LogP contribution in [0.2, 0.25) is 5.02 Å². The Bertz CT molecular complexity index is 1220. The van der Waals surface area contributed by atoms with Crippen molar-refractivity contribution < 1.29 is 14.3 Å². The summed E-state index contributed by atoms with van der Waals surface area (Å²) in [4.78, 5) is 27.1. The molecule has 31 heavy (non-hydrogen) atoms. The van der Waals surface area contributed by atoms with Crippen LogP contribution in [0.15, 0.2) is 59.5 Å². The van der Waals surface area contributed by atoms with Gasteiger partial charge in [-0.3, -0.25) is 14.5 Å². The molecule has 1 aromatic heterocycles. The summed E-state index contributed by atoms with van der Waals surface area (Å²) in [6.45, 7) is 4.20. The number of rotatable bonds is 5. The minimum Gasteiger partial charge on any atom is -0.497 e. The Kier molecular flexibility index (Phi) is 5.94. The first kappa shape index (κ1) is 21.3. The monoisotopic (exact) mass is 452 g/mol. The molecule has 0 atom stereocenters. The Hall–Kier alpha value is -2.96. The van der Waals surface area contributed by atoms with Crippen LogP contribution in [0.3, 0.4) is 0 Å². The first-order valence-corrected chi connectivity index (χ1v) is 10.9.